The van der Waals surface area contributed by atoms with E-state index in [1.807, 2.05) is 46.0 Å². The van der Waals surface area contributed by atoms with Crippen molar-refractivity contribution in [2.75, 3.05) is 0 Å². The molecule has 0 unspecified atom stereocenters. The molecule has 1 aliphatic heterocycles. The lowest BCUT2D eigenvalue weighted by atomic mass is 9.80. The van der Waals surface area contributed by atoms with E-state index in [-0.39, 0.29) is 30.7 Å². The molecule has 0 N–H and O–H groups in total. The van der Waals surface area contributed by atoms with E-state index in [0.29, 0.717) is 0 Å². The molecule has 1 saturated heterocycles. The van der Waals surface area contributed by atoms with Gasteiger partial charge < -0.3 is 9.31 Å². The summed E-state index contributed by atoms with van der Waals surface area (Å²) in [5.41, 5.74) is 1.12. The third-order valence-corrected chi connectivity index (χ3v) is 3.83. The van der Waals surface area contributed by atoms with Crippen molar-refractivity contribution in [1.29, 1.82) is 0 Å². The van der Waals surface area contributed by atoms with Gasteiger partial charge >= 0.3 is 7.12 Å². The summed E-state index contributed by atoms with van der Waals surface area (Å²) < 4.78 is 13.7. The molecule has 1 aliphatic rings. The van der Waals surface area contributed by atoms with Crippen LogP contribution in [0.15, 0.2) is 24.7 Å². The first kappa shape index (κ1) is 14.3. The fourth-order valence-electron chi connectivity index (χ4n) is 1.96. The zero-order chi connectivity index (χ0) is 13.0. The molecule has 0 radical (unpaired) electrons. The van der Waals surface area contributed by atoms with Crippen LogP contribution in [-0.2, 0) is 9.31 Å². The van der Waals surface area contributed by atoms with Crippen molar-refractivity contribution < 1.29 is 9.31 Å². The molecule has 7 heteroatoms. The molecule has 2 aromatic heterocycles. The number of halogens is 1. The molecule has 0 aromatic carbocycles. The van der Waals surface area contributed by atoms with Crippen molar-refractivity contribution in [1.82, 2.24) is 14.6 Å². The molecule has 2 aromatic rings. The van der Waals surface area contributed by atoms with Crippen LogP contribution in [0.3, 0.4) is 0 Å². The fraction of sp³-hybridized carbons (Fsp3) is 0.500. The predicted octanol–water partition coefficient (Wildman–Crippen LogP) is 1.45. The average Bonchev–Trinajstić information content (AvgIpc) is 2.80. The van der Waals surface area contributed by atoms with Gasteiger partial charge in [-0.25, -0.2) is 9.50 Å². The van der Waals surface area contributed by atoms with Gasteiger partial charge in [-0.1, -0.05) is 0 Å². The molecule has 0 bridgehead atoms. The van der Waals surface area contributed by atoms with Crippen molar-refractivity contribution in [2.24, 2.45) is 0 Å². The minimum absolute atomic E-state index is 0. The number of aromatic nitrogens is 3. The van der Waals surface area contributed by atoms with Crippen molar-refractivity contribution in [2.45, 2.75) is 38.9 Å². The smallest absolute Gasteiger partial charge is 0.399 e. The van der Waals surface area contributed by atoms with Gasteiger partial charge in [0.1, 0.15) is 6.33 Å². The van der Waals surface area contributed by atoms with Crippen molar-refractivity contribution in [3.63, 3.8) is 0 Å². The minimum Gasteiger partial charge on any atom is -0.399 e. The highest BCUT2D eigenvalue weighted by atomic mass is 35.5. The predicted molar refractivity (Wildman–Crippen MR) is 76.0 cm³/mol. The number of rotatable bonds is 1. The Morgan fingerprint density at radius 3 is 2.42 bits per heavy atom. The summed E-state index contributed by atoms with van der Waals surface area (Å²) in [6.07, 6.45) is 3.39. The Balaban J connectivity index is 0.00000133. The van der Waals surface area contributed by atoms with Crippen molar-refractivity contribution in [3.05, 3.63) is 24.7 Å². The maximum atomic E-state index is 6.00. The Morgan fingerprint density at radius 2 is 1.79 bits per heavy atom. The molecule has 1 fully saturated rings. The molecule has 0 saturated carbocycles. The molecular formula is C12H17BClN3O2. The van der Waals surface area contributed by atoms with Crippen LogP contribution >= 0.6 is 12.4 Å². The van der Waals surface area contributed by atoms with Gasteiger partial charge in [-0.3, -0.25) is 0 Å². The van der Waals surface area contributed by atoms with Crippen LogP contribution in [-0.4, -0.2) is 32.9 Å². The number of hydrogen-bond acceptors (Lipinski definition) is 4. The quantitative estimate of drug-likeness (QED) is 0.742. The topological polar surface area (TPSA) is 48.7 Å². The van der Waals surface area contributed by atoms with Crippen LogP contribution in [0.2, 0.25) is 0 Å². The van der Waals surface area contributed by atoms with Gasteiger partial charge in [0.25, 0.3) is 0 Å². The van der Waals surface area contributed by atoms with E-state index >= 15 is 0 Å². The first-order valence-electron chi connectivity index (χ1n) is 6.04. The molecule has 3 heterocycles. The van der Waals surface area contributed by atoms with Gasteiger partial charge in [0, 0.05) is 6.20 Å². The van der Waals surface area contributed by atoms with Crippen LogP contribution in [0.25, 0.3) is 5.65 Å². The molecule has 3 rings (SSSR count). The van der Waals surface area contributed by atoms with E-state index in [4.69, 9.17) is 9.31 Å². The number of fused-ring (bicyclic) bond motifs is 1. The molecular weight excluding hydrogens is 264 g/mol. The number of pyridine rings is 1. The second-order valence-corrected chi connectivity index (χ2v) is 5.61. The van der Waals surface area contributed by atoms with E-state index in [1.54, 1.807) is 4.52 Å². The highest BCUT2D eigenvalue weighted by molar-refractivity contribution is 6.62. The van der Waals surface area contributed by atoms with Crippen LogP contribution < -0.4 is 5.46 Å². The Kier molecular flexibility index (Phi) is 3.37. The summed E-state index contributed by atoms with van der Waals surface area (Å²) in [5.74, 6) is 0. The third-order valence-electron chi connectivity index (χ3n) is 3.83. The van der Waals surface area contributed by atoms with Crippen molar-refractivity contribution >= 4 is 30.6 Å². The molecule has 0 spiro atoms. The highest BCUT2D eigenvalue weighted by Gasteiger charge is 2.51. The number of hydrogen-bond donors (Lipinski definition) is 0. The summed E-state index contributed by atoms with van der Waals surface area (Å²) in [7, 11) is -0.350. The summed E-state index contributed by atoms with van der Waals surface area (Å²) in [5, 5.41) is 4.07. The molecule has 5 nitrogen and oxygen atoms in total. The average molecular weight is 282 g/mol. The first-order valence-corrected chi connectivity index (χ1v) is 6.04. The SMILES string of the molecule is CC1(C)OB(c2ccn3ncnc3c2)OC1(C)C.Cl. The molecule has 0 amide bonds. The lowest BCUT2D eigenvalue weighted by Gasteiger charge is -2.32. The lowest BCUT2D eigenvalue weighted by molar-refractivity contribution is 0.00578. The Bertz CT molecular complexity index is 583. The fourth-order valence-corrected chi connectivity index (χ4v) is 1.96. The van der Waals surface area contributed by atoms with Crippen LogP contribution in [0.1, 0.15) is 27.7 Å². The number of nitrogens with zero attached hydrogens (tertiary/aromatic N) is 3. The van der Waals surface area contributed by atoms with E-state index < -0.39 is 0 Å². The van der Waals surface area contributed by atoms with Gasteiger partial charge in [-0.05, 0) is 45.3 Å². The van der Waals surface area contributed by atoms with Crippen molar-refractivity contribution in [3.8, 4) is 0 Å². The first-order chi connectivity index (χ1) is 8.39. The largest absolute Gasteiger partial charge is 0.495 e. The Hall–Kier alpha value is -1.11. The van der Waals surface area contributed by atoms with Crippen LogP contribution in [0.5, 0.6) is 0 Å². The summed E-state index contributed by atoms with van der Waals surface area (Å²) in [4.78, 5) is 4.16. The maximum Gasteiger partial charge on any atom is 0.495 e. The summed E-state index contributed by atoms with van der Waals surface area (Å²) >= 11 is 0. The molecule has 0 aliphatic carbocycles. The second kappa shape index (κ2) is 4.47. The van der Waals surface area contributed by atoms with Gasteiger partial charge in [0.15, 0.2) is 5.65 Å². The van der Waals surface area contributed by atoms with Gasteiger partial charge in [0.2, 0.25) is 0 Å². The van der Waals surface area contributed by atoms with E-state index in [1.165, 1.54) is 6.33 Å². The Labute approximate surface area is 118 Å². The van der Waals surface area contributed by atoms with E-state index in [9.17, 15) is 0 Å². The molecule has 19 heavy (non-hydrogen) atoms. The molecule has 102 valence electrons. The van der Waals surface area contributed by atoms with Crippen LogP contribution in [0, 0.1) is 0 Å². The monoisotopic (exact) mass is 281 g/mol. The van der Waals surface area contributed by atoms with Gasteiger partial charge in [0.05, 0.1) is 11.2 Å². The third kappa shape index (κ3) is 2.24. The second-order valence-electron chi connectivity index (χ2n) is 5.61. The zero-order valence-corrected chi connectivity index (χ0v) is 12.3. The summed E-state index contributed by atoms with van der Waals surface area (Å²) in [6, 6.07) is 3.89. The Morgan fingerprint density at radius 1 is 1.16 bits per heavy atom. The maximum absolute atomic E-state index is 6.00. The van der Waals surface area contributed by atoms with Crippen LogP contribution in [0.4, 0.5) is 0 Å². The standard InChI is InChI=1S/C12H16BN3O2.ClH/c1-11(2)12(3,4)18-13(17-11)9-5-6-16-10(7-9)14-8-15-16;/h5-8H,1-4H3;1H. The normalized spacial score (nSPS) is 20.5. The van der Waals surface area contributed by atoms with E-state index in [2.05, 4.69) is 10.1 Å². The minimum atomic E-state index is -0.350. The highest BCUT2D eigenvalue weighted by Crippen LogP contribution is 2.36. The lowest BCUT2D eigenvalue weighted by Crippen LogP contribution is -2.41. The van der Waals surface area contributed by atoms with E-state index in [0.717, 1.165) is 11.1 Å². The van der Waals surface area contributed by atoms with Gasteiger partial charge in [-0.15, -0.1) is 12.4 Å². The molecule has 0 atom stereocenters. The zero-order valence-electron chi connectivity index (χ0n) is 11.5. The summed E-state index contributed by atoms with van der Waals surface area (Å²) in [6.45, 7) is 8.18. The van der Waals surface area contributed by atoms with Gasteiger partial charge in [-0.2, -0.15) is 5.10 Å².